The second-order valence-corrected chi connectivity index (χ2v) is 8.75. The first-order chi connectivity index (χ1) is 10.9. The summed E-state index contributed by atoms with van der Waals surface area (Å²) in [6.07, 6.45) is 5.35. The molecule has 0 aromatic carbocycles. The van der Waals surface area contributed by atoms with Crippen molar-refractivity contribution >= 4 is 10.0 Å². The van der Waals surface area contributed by atoms with Crippen LogP contribution in [0.5, 0.6) is 0 Å². The molecule has 0 N–H and O–H groups in total. The van der Waals surface area contributed by atoms with Gasteiger partial charge in [0, 0.05) is 38.5 Å². The standard InChI is InChI=1S/C16H24N2O4S/c1-3-23(19,20)18-11-16(12-18)7-15(4-5-22-16)21-10-14-6-13(2)8-17-9-14/h6,8-9,15H,3-5,7,10-12H2,1-2H3/t15-/m0/s1. The summed E-state index contributed by atoms with van der Waals surface area (Å²) in [7, 11) is -3.11. The van der Waals surface area contributed by atoms with Gasteiger partial charge < -0.3 is 9.47 Å². The van der Waals surface area contributed by atoms with Gasteiger partial charge in [-0.2, -0.15) is 4.31 Å². The van der Waals surface area contributed by atoms with E-state index in [9.17, 15) is 8.42 Å². The molecule has 2 aliphatic heterocycles. The number of pyridine rings is 1. The predicted molar refractivity (Wildman–Crippen MR) is 86.5 cm³/mol. The van der Waals surface area contributed by atoms with E-state index in [4.69, 9.17) is 9.47 Å². The average Bonchev–Trinajstić information content (AvgIpc) is 2.51. The van der Waals surface area contributed by atoms with Gasteiger partial charge in [-0.1, -0.05) is 6.07 Å². The fraction of sp³-hybridized carbons (Fsp3) is 0.688. The Bertz CT molecular complexity index is 656. The molecule has 1 aromatic heterocycles. The van der Waals surface area contributed by atoms with Crippen molar-refractivity contribution in [2.45, 2.75) is 45.0 Å². The zero-order chi connectivity index (χ0) is 16.5. The smallest absolute Gasteiger partial charge is 0.214 e. The molecule has 0 unspecified atom stereocenters. The van der Waals surface area contributed by atoms with Gasteiger partial charge in [-0.3, -0.25) is 4.98 Å². The summed E-state index contributed by atoms with van der Waals surface area (Å²) in [6.45, 7) is 5.74. The summed E-state index contributed by atoms with van der Waals surface area (Å²) in [5.41, 5.74) is 1.83. The third-order valence-electron chi connectivity index (χ3n) is 4.55. The van der Waals surface area contributed by atoms with Crippen molar-refractivity contribution in [3.8, 4) is 0 Å². The first-order valence-corrected chi connectivity index (χ1v) is 9.67. The van der Waals surface area contributed by atoms with Crippen molar-refractivity contribution < 1.29 is 17.9 Å². The number of aryl methyl sites for hydroxylation is 1. The summed E-state index contributed by atoms with van der Waals surface area (Å²) >= 11 is 0. The van der Waals surface area contributed by atoms with Crippen molar-refractivity contribution in [3.63, 3.8) is 0 Å². The summed E-state index contributed by atoms with van der Waals surface area (Å²) < 4.78 is 37.1. The molecule has 0 aliphatic carbocycles. The van der Waals surface area contributed by atoms with Crippen LogP contribution in [0.2, 0.25) is 0 Å². The van der Waals surface area contributed by atoms with Crippen LogP contribution in [0.1, 0.15) is 30.9 Å². The van der Waals surface area contributed by atoms with E-state index >= 15 is 0 Å². The van der Waals surface area contributed by atoms with Crippen LogP contribution in [0.3, 0.4) is 0 Å². The average molecular weight is 340 g/mol. The molecule has 0 bridgehead atoms. The van der Waals surface area contributed by atoms with Crippen LogP contribution in [-0.2, 0) is 26.1 Å². The van der Waals surface area contributed by atoms with Gasteiger partial charge in [-0.15, -0.1) is 0 Å². The van der Waals surface area contributed by atoms with Gasteiger partial charge in [0.05, 0.1) is 24.1 Å². The molecule has 128 valence electrons. The summed E-state index contributed by atoms with van der Waals surface area (Å²) in [5.74, 6) is 0.142. The second kappa shape index (κ2) is 6.47. The lowest BCUT2D eigenvalue weighted by Crippen LogP contribution is -2.67. The molecular weight excluding hydrogens is 316 g/mol. The lowest BCUT2D eigenvalue weighted by atomic mass is 9.86. The Hall–Kier alpha value is -1.02. The van der Waals surface area contributed by atoms with Crippen LogP contribution in [0.4, 0.5) is 0 Å². The van der Waals surface area contributed by atoms with Crippen molar-refractivity contribution in [3.05, 3.63) is 29.6 Å². The van der Waals surface area contributed by atoms with Gasteiger partial charge in [0.1, 0.15) is 0 Å². The first-order valence-electron chi connectivity index (χ1n) is 8.06. The summed E-state index contributed by atoms with van der Waals surface area (Å²) in [5, 5.41) is 0. The lowest BCUT2D eigenvalue weighted by molar-refractivity contribution is -0.180. The number of ether oxygens (including phenoxy) is 2. The van der Waals surface area contributed by atoms with E-state index in [2.05, 4.69) is 11.1 Å². The summed E-state index contributed by atoms with van der Waals surface area (Å²) in [4.78, 5) is 4.17. The molecule has 2 saturated heterocycles. The molecule has 2 fully saturated rings. The van der Waals surface area contributed by atoms with Crippen LogP contribution in [0.25, 0.3) is 0 Å². The fourth-order valence-electron chi connectivity index (χ4n) is 3.23. The maximum absolute atomic E-state index is 11.9. The summed E-state index contributed by atoms with van der Waals surface area (Å²) in [6, 6.07) is 2.07. The van der Waals surface area contributed by atoms with Gasteiger partial charge in [0.15, 0.2) is 0 Å². The van der Waals surface area contributed by atoms with E-state index in [1.807, 2.05) is 19.3 Å². The van der Waals surface area contributed by atoms with E-state index in [0.29, 0.717) is 26.3 Å². The molecule has 0 radical (unpaired) electrons. The lowest BCUT2D eigenvalue weighted by Gasteiger charge is -2.52. The van der Waals surface area contributed by atoms with Crippen molar-refractivity contribution in [2.24, 2.45) is 0 Å². The number of hydrogen-bond donors (Lipinski definition) is 0. The van der Waals surface area contributed by atoms with E-state index in [1.54, 1.807) is 6.92 Å². The minimum atomic E-state index is -3.11. The molecule has 3 heterocycles. The normalized spacial score (nSPS) is 24.5. The predicted octanol–water partition coefficient (Wildman–Crippen LogP) is 1.49. The zero-order valence-electron chi connectivity index (χ0n) is 13.7. The topological polar surface area (TPSA) is 68.7 Å². The molecule has 1 spiro atoms. The van der Waals surface area contributed by atoms with E-state index in [-0.39, 0.29) is 17.5 Å². The molecule has 6 nitrogen and oxygen atoms in total. The van der Waals surface area contributed by atoms with Crippen LogP contribution >= 0.6 is 0 Å². The third-order valence-corrected chi connectivity index (χ3v) is 6.33. The number of sulfonamides is 1. The quantitative estimate of drug-likeness (QED) is 0.812. The Morgan fingerprint density at radius 2 is 2.22 bits per heavy atom. The van der Waals surface area contributed by atoms with Crippen LogP contribution < -0.4 is 0 Å². The highest BCUT2D eigenvalue weighted by atomic mass is 32.2. The van der Waals surface area contributed by atoms with Gasteiger partial charge in [0.25, 0.3) is 0 Å². The third kappa shape index (κ3) is 3.74. The molecule has 0 saturated carbocycles. The fourth-order valence-corrected chi connectivity index (χ4v) is 4.46. The van der Waals surface area contributed by atoms with Crippen molar-refractivity contribution in [2.75, 3.05) is 25.4 Å². The molecule has 7 heteroatoms. The molecular formula is C16H24N2O4S. The van der Waals surface area contributed by atoms with Crippen LogP contribution in [0, 0.1) is 6.92 Å². The van der Waals surface area contributed by atoms with Crippen molar-refractivity contribution in [1.29, 1.82) is 0 Å². The Morgan fingerprint density at radius 1 is 1.43 bits per heavy atom. The molecule has 2 aliphatic rings. The highest BCUT2D eigenvalue weighted by Gasteiger charge is 2.51. The molecule has 3 rings (SSSR count). The number of nitrogens with zero attached hydrogens (tertiary/aromatic N) is 2. The van der Waals surface area contributed by atoms with E-state index < -0.39 is 10.0 Å². The van der Waals surface area contributed by atoms with Crippen LogP contribution in [0.15, 0.2) is 18.5 Å². The highest BCUT2D eigenvalue weighted by Crippen LogP contribution is 2.37. The Morgan fingerprint density at radius 3 is 2.91 bits per heavy atom. The maximum Gasteiger partial charge on any atom is 0.214 e. The second-order valence-electron chi connectivity index (χ2n) is 6.50. The van der Waals surface area contributed by atoms with Gasteiger partial charge in [0.2, 0.25) is 10.0 Å². The molecule has 23 heavy (non-hydrogen) atoms. The Balaban J connectivity index is 1.53. The first kappa shape index (κ1) is 16.8. The van der Waals surface area contributed by atoms with E-state index in [0.717, 1.165) is 24.0 Å². The molecule has 0 amide bonds. The van der Waals surface area contributed by atoms with Gasteiger partial charge in [-0.25, -0.2) is 8.42 Å². The monoisotopic (exact) mass is 340 g/mol. The minimum absolute atomic E-state index is 0.107. The van der Waals surface area contributed by atoms with Gasteiger partial charge in [-0.05, 0) is 31.4 Å². The maximum atomic E-state index is 11.9. The van der Waals surface area contributed by atoms with Crippen molar-refractivity contribution in [1.82, 2.24) is 9.29 Å². The molecule has 1 atom stereocenters. The van der Waals surface area contributed by atoms with Gasteiger partial charge >= 0.3 is 0 Å². The Kier molecular flexibility index (Phi) is 4.73. The number of hydrogen-bond acceptors (Lipinski definition) is 5. The molecule has 1 aromatic rings. The van der Waals surface area contributed by atoms with Crippen LogP contribution in [-0.4, -0.2) is 54.9 Å². The SMILES string of the molecule is CCS(=O)(=O)N1CC2(C[C@@H](OCc3cncc(C)c3)CCO2)C1. The zero-order valence-corrected chi connectivity index (χ0v) is 14.5. The minimum Gasteiger partial charge on any atom is -0.373 e. The highest BCUT2D eigenvalue weighted by molar-refractivity contribution is 7.89. The largest absolute Gasteiger partial charge is 0.373 e. The van der Waals surface area contributed by atoms with E-state index in [1.165, 1.54) is 4.31 Å². The Labute approximate surface area is 137 Å². The number of aromatic nitrogens is 1. The number of rotatable bonds is 5.